The number of aliphatic carboxylic acids is 1. The number of nitrogens with zero attached hydrogens (tertiary/aromatic N) is 2. The number of carboxylic acids is 1. The van der Waals surface area contributed by atoms with Crippen molar-refractivity contribution in [1.29, 1.82) is 0 Å². The maximum Gasteiger partial charge on any atom is 0.328 e. The highest BCUT2D eigenvalue weighted by atomic mass is 16.4. The van der Waals surface area contributed by atoms with E-state index in [1.807, 2.05) is 19.1 Å². The van der Waals surface area contributed by atoms with Gasteiger partial charge in [-0.25, -0.2) is 4.98 Å². The van der Waals surface area contributed by atoms with E-state index >= 15 is 0 Å². The highest BCUT2D eigenvalue weighted by Crippen LogP contribution is 2.22. The van der Waals surface area contributed by atoms with Gasteiger partial charge in [-0.1, -0.05) is 0 Å². The zero-order chi connectivity index (χ0) is 13.1. The van der Waals surface area contributed by atoms with Gasteiger partial charge in [0.15, 0.2) is 6.04 Å². The number of rotatable bonds is 4. The zero-order valence-electron chi connectivity index (χ0n) is 10.1. The van der Waals surface area contributed by atoms with Crippen molar-refractivity contribution in [2.75, 3.05) is 7.05 Å². The van der Waals surface area contributed by atoms with Crippen LogP contribution in [0.4, 0.5) is 0 Å². The van der Waals surface area contributed by atoms with Crippen molar-refractivity contribution < 1.29 is 9.90 Å². The van der Waals surface area contributed by atoms with Gasteiger partial charge in [0.1, 0.15) is 5.82 Å². The van der Waals surface area contributed by atoms with Crippen molar-refractivity contribution in [1.82, 2.24) is 20.3 Å². The highest BCUT2D eigenvalue weighted by molar-refractivity contribution is 5.75. The first-order valence-corrected chi connectivity index (χ1v) is 5.50. The van der Waals surface area contributed by atoms with Crippen molar-refractivity contribution in [2.45, 2.75) is 13.0 Å². The Labute approximate surface area is 104 Å². The van der Waals surface area contributed by atoms with Gasteiger partial charge in [-0.2, -0.15) is 0 Å². The van der Waals surface area contributed by atoms with Crippen LogP contribution in [-0.4, -0.2) is 33.1 Å². The van der Waals surface area contributed by atoms with Crippen LogP contribution in [0.25, 0.3) is 11.3 Å². The van der Waals surface area contributed by atoms with Crippen molar-refractivity contribution in [2.24, 2.45) is 0 Å². The standard InChI is InChI=1S/C12H14N4O2/c1-7-9(8-3-5-14-6-4-8)16-11(15-7)10(13-2)12(17)18/h3-6,10,13H,1-2H3,(H,15,16)(H,17,18). The molecule has 0 bridgehead atoms. The number of nitrogens with one attached hydrogen (secondary N) is 2. The molecule has 2 aromatic heterocycles. The molecule has 1 atom stereocenters. The number of H-pyrrole nitrogens is 1. The topological polar surface area (TPSA) is 90.9 Å². The third kappa shape index (κ3) is 2.23. The van der Waals surface area contributed by atoms with E-state index in [0.29, 0.717) is 5.82 Å². The first kappa shape index (κ1) is 12.3. The molecule has 18 heavy (non-hydrogen) atoms. The Hall–Kier alpha value is -2.21. The molecule has 0 saturated heterocycles. The van der Waals surface area contributed by atoms with E-state index in [-0.39, 0.29) is 0 Å². The van der Waals surface area contributed by atoms with Gasteiger partial charge >= 0.3 is 5.97 Å². The number of aromatic nitrogens is 3. The van der Waals surface area contributed by atoms with Gasteiger partial charge in [0.25, 0.3) is 0 Å². The van der Waals surface area contributed by atoms with E-state index < -0.39 is 12.0 Å². The van der Waals surface area contributed by atoms with Crippen LogP contribution in [0.1, 0.15) is 17.6 Å². The number of imidazole rings is 1. The zero-order valence-corrected chi connectivity index (χ0v) is 10.1. The maximum absolute atomic E-state index is 11.1. The Bertz CT molecular complexity index is 550. The van der Waals surface area contributed by atoms with Crippen LogP contribution >= 0.6 is 0 Å². The van der Waals surface area contributed by atoms with Crippen molar-refractivity contribution >= 4 is 5.97 Å². The van der Waals surface area contributed by atoms with E-state index in [4.69, 9.17) is 5.11 Å². The maximum atomic E-state index is 11.1. The number of hydrogen-bond donors (Lipinski definition) is 3. The molecule has 0 aliphatic carbocycles. The molecular formula is C12H14N4O2. The minimum absolute atomic E-state index is 0.398. The van der Waals surface area contributed by atoms with E-state index in [2.05, 4.69) is 20.3 Å². The van der Waals surface area contributed by atoms with Gasteiger partial charge < -0.3 is 15.4 Å². The molecule has 2 heterocycles. The average Bonchev–Trinajstić information content (AvgIpc) is 2.73. The molecule has 6 heteroatoms. The van der Waals surface area contributed by atoms with E-state index in [9.17, 15) is 4.79 Å². The van der Waals surface area contributed by atoms with Gasteiger partial charge in [-0.05, 0) is 26.1 Å². The van der Waals surface area contributed by atoms with Crippen LogP contribution in [0.3, 0.4) is 0 Å². The van der Waals surface area contributed by atoms with Crippen LogP contribution in [0, 0.1) is 6.92 Å². The summed E-state index contributed by atoms with van der Waals surface area (Å²) < 4.78 is 0. The molecule has 1 unspecified atom stereocenters. The minimum Gasteiger partial charge on any atom is -0.480 e. The second kappa shape index (κ2) is 4.97. The fraction of sp³-hybridized carbons (Fsp3) is 0.250. The van der Waals surface area contributed by atoms with Crippen molar-refractivity contribution in [3.8, 4) is 11.3 Å². The Kier molecular flexibility index (Phi) is 3.38. The van der Waals surface area contributed by atoms with Gasteiger partial charge in [-0.3, -0.25) is 9.78 Å². The summed E-state index contributed by atoms with van der Waals surface area (Å²) in [5.74, 6) is -0.568. The summed E-state index contributed by atoms with van der Waals surface area (Å²) in [5, 5.41) is 11.8. The Morgan fingerprint density at radius 3 is 2.67 bits per heavy atom. The lowest BCUT2D eigenvalue weighted by Crippen LogP contribution is -2.26. The smallest absolute Gasteiger partial charge is 0.328 e. The largest absolute Gasteiger partial charge is 0.480 e. The molecule has 2 rings (SSSR count). The van der Waals surface area contributed by atoms with Crippen LogP contribution in [-0.2, 0) is 4.79 Å². The van der Waals surface area contributed by atoms with E-state index in [1.165, 1.54) is 0 Å². The number of carbonyl (C=O) groups is 1. The van der Waals surface area contributed by atoms with Crippen LogP contribution in [0.15, 0.2) is 24.5 Å². The third-order valence-electron chi connectivity index (χ3n) is 2.67. The van der Waals surface area contributed by atoms with Gasteiger partial charge in [0.2, 0.25) is 0 Å². The Morgan fingerprint density at radius 1 is 1.44 bits per heavy atom. The summed E-state index contributed by atoms with van der Waals surface area (Å²) in [7, 11) is 1.59. The second-order valence-electron chi connectivity index (χ2n) is 3.89. The molecule has 94 valence electrons. The van der Waals surface area contributed by atoms with Crippen molar-refractivity contribution in [3.63, 3.8) is 0 Å². The summed E-state index contributed by atoms with van der Waals surface area (Å²) in [4.78, 5) is 22.3. The van der Waals surface area contributed by atoms with Gasteiger partial charge in [0.05, 0.1) is 5.69 Å². The lowest BCUT2D eigenvalue weighted by atomic mass is 10.2. The van der Waals surface area contributed by atoms with Crippen LogP contribution < -0.4 is 5.32 Å². The lowest BCUT2D eigenvalue weighted by Gasteiger charge is -2.06. The molecule has 0 amide bonds. The number of likely N-dealkylation sites (N-methyl/N-ethyl adjacent to an activating group) is 1. The summed E-state index contributed by atoms with van der Waals surface area (Å²) in [6, 6.07) is 2.84. The first-order valence-electron chi connectivity index (χ1n) is 5.50. The van der Waals surface area contributed by atoms with Crippen LogP contribution in [0.2, 0.25) is 0 Å². The molecule has 2 aromatic rings. The molecule has 0 aromatic carbocycles. The number of aryl methyl sites for hydroxylation is 1. The molecule has 0 radical (unpaired) electrons. The number of carboxylic acid groups (broad SMARTS) is 1. The third-order valence-corrected chi connectivity index (χ3v) is 2.67. The quantitative estimate of drug-likeness (QED) is 0.752. The first-order chi connectivity index (χ1) is 8.63. The average molecular weight is 246 g/mol. The fourth-order valence-corrected chi connectivity index (χ4v) is 1.79. The summed E-state index contributed by atoms with van der Waals surface area (Å²) in [6.45, 7) is 1.86. The molecule has 6 nitrogen and oxygen atoms in total. The Morgan fingerprint density at radius 2 is 2.11 bits per heavy atom. The molecule has 0 saturated carbocycles. The second-order valence-corrected chi connectivity index (χ2v) is 3.89. The van der Waals surface area contributed by atoms with Gasteiger partial charge in [-0.15, -0.1) is 0 Å². The van der Waals surface area contributed by atoms with E-state index in [1.54, 1.807) is 19.4 Å². The fourth-order valence-electron chi connectivity index (χ4n) is 1.79. The van der Waals surface area contributed by atoms with Crippen LogP contribution in [0.5, 0.6) is 0 Å². The van der Waals surface area contributed by atoms with Crippen molar-refractivity contribution in [3.05, 3.63) is 36.0 Å². The predicted octanol–water partition coefficient (Wildman–Crippen LogP) is 1.13. The highest BCUT2D eigenvalue weighted by Gasteiger charge is 2.22. The normalized spacial score (nSPS) is 12.3. The van der Waals surface area contributed by atoms with Gasteiger partial charge in [0, 0.05) is 23.7 Å². The number of hydrogen-bond acceptors (Lipinski definition) is 4. The lowest BCUT2D eigenvalue weighted by molar-refractivity contribution is -0.139. The minimum atomic E-state index is -0.965. The molecule has 0 spiro atoms. The molecule has 0 aliphatic rings. The molecule has 0 aliphatic heterocycles. The van der Waals surface area contributed by atoms with E-state index in [0.717, 1.165) is 17.0 Å². The summed E-state index contributed by atoms with van der Waals surface area (Å²) in [5.41, 5.74) is 2.48. The molecule has 0 fully saturated rings. The monoisotopic (exact) mass is 246 g/mol. The molecular weight excluding hydrogens is 232 g/mol. The predicted molar refractivity (Wildman–Crippen MR) is 66.0 cm³/mol. The molecule has 3 N–H and O–H groups in total. The summed E-state index contributed by atoms with van der Waals surface area (Å²) in [6.07, 6.45) is 3.35. The number of pyridine rings is 1. The number of aromatic amines is 1. The SMILES string of the molecule is CNC(C(=O)O)c1nc(-c2ccncc2)c(C)[nH]1. The summed E-state index contributed by atoms with van der Waals surface area (Å²) >= 11 is 0. The Balaban J connectivity index is 2.41.